The molecule has 2 atom stereocenters. The Balaban J connectivity index is 1.41. The fraction of sp³-hybridized carbons (Fsp3) is 0.325. The Morgan fingerprint density at radius 2 is 1.75 bits per heavy atom. The second kappa shape index (κ2) is 18.4. The number of rotatable bonds is 16. The summed E-state index contributed by atoms with van der Waals surface area (Å²) in [6, 6.07) is 12.1. The van der Waals surface area contributed by atoms with Gasteiger partial charge in [0.2, 0.25) is 6.29 Å². The molecule has 0 bridgehead atoms. The van der Waals surface area contributed by atoms with E-state index < -0.39 is 54.8 Å². The molecule has 0 spiro atoms. The number of carbonyl (C=O) groups is 4. The molecule has 5 rings (SSSR count). The molecule has 1 fully saturated rings. The lowest BCUT2D eigenvalue weighted by atomic mass is 9.94. The molecule has 2 aromatic heterocycles. The van der Waals surface area contributed by atoms with Gasteiger partial charge in [-0.05, 0) is 74.2 Å². The molecule has 5 N–H and O–H groups in total. The first-order chi connectivity index (χ1) is 27.2. The van der Waals surface area contributed by atoms with Gasteiger partial charge in [0.05, 0.1) is 18.7 Å². The molecule has 1 aliphatic rings. The number of methoxy groups -OCH3 is 1. The van der Waals surface area contributed by atoms with Crippen LogP contribution in [0.5, 0.6) is 5.75 Å². The lowest BCUT2D eigenvalue weighted by Crippen LogP contribution is -2.31. The fourth-order valence-corrected chi connectivity index (χ4v) is 5.34. The highest BCUT2D eigenvalue weighted by atomic mass is 16.7. The maximum Gasteiger partial charge on any atom is 0.519 e. The van der Waals surface area contributed by atoms with Gasteiger partial charge in [0.25, 0.3) is 5.91 Å². The molecule has 2 amide bonds. The summed E-state index contributed by atoms with van der Waals surface area (Å²) in [6.07, 6.45) is 0.0962. The van der Waals surface area contributed by atoms with Crippen LogP contribution >= 0.6 is 0 Å². The highest BCUT2D eigenvalue weighted by Gasteiger charge is 2.28. The first-order valence-corrected chi connectivity index (χ1v) is 17.9. The van der Waals surface area contributed by atoms with Crippen molar-refractivity contribution < 1.29 is 52.1 Å². The van der Waals surface area contributed by atoms with E-state index in [0.717, 1.165) is 12.8 Å². The van der Waals surface area contributed by atoms with Crippen molar-refractivity contribution in [2.24, 2.45) is 11.8 Å². The summed E-state index contributed by atoms with van der Waals surface area (Å²) in [4.78, 5) is 68.0. The van der Waals surface area contributed by atoms with Crippen LogP contribution in [0.15, 0.2) is 68.7 Å². The summed E-state index contributed by atoms with van der Waals surface area (Å²) in [5.41, 5.74) is 1.32. The summed E-state index contributed by atoms with van der Waals surface area (Å²) in [5.74, 6) is -2.96. The first-order valence-electron chi connectivity index (χ1n) is 17.9. The maximum absolute atomic E-state index is 14.0. The molecule has 0 radical (unpaired) electrons. The molecule has 57 heavy (non-hydrogen) atoms. The van der Waals surface area contributed by atoms with E-state index >= 15 is 0 Å². The monoisotopic (exact) mass is 785 g/mol. The molecule has 1 aliphatic carbocycles. The fourth-order valence-electron chi connectivity index (χ4n) is 5.34. The SMILES string of the molecule is C=Cc1cc(C(=O)Nc2ccc(C(=N)NC(=O)OCc3oc(=O)oc3C)cc2)c(-c2ccc(C(O)NCC3CC3)nc2C(=O)OC(C)OC(=O)C(C)C)cc1OC. The second-order valence-corrected chi connectivity index (χ2v) is 13.3. The van der Waals surface area contributed by atoms with Crippen molar-refractivity contribution in [3.05, 3.63) is 105 Å². The number of alkyl carbamates (subject to hydrolysis) is 1. The normalized spacial score (nSPS) is 13.2. The standard InChI is InChI=1S/C40H43N5O12/c1-7-24-16-29(35(46)43-26-12-10-25(11-13-26)34(41)45-39(50)53-19-32-21(4)54-40(51)57-32)28(17-31(24)52-6)27-14-15-30(36(47)42-18-23-8-9-23)44-33(27)38(49)56-22(5)55-37(48)20(2)3/h7,10-17,20,22-23,36,42,47H,1,8-9,18-19H2,2-6H3,(H,43,46)(H2,41,45,50). The number of aliphatic hydroxyl groups is 1. The molecule has 17 heteroatoms. The lowest BCUT2D eigenvalue weighted by molar-refractivity contribution is -0.169. The van der Waals surface area contributed by atoms with E-state index in [9.17, 15) is 29.1 Å². The summed E-state index contributed by atoms with van der Waals surface area (Å²) < 4.78 is 30.8. The van der Waals surface area contributed by atoms with Gasteiger partial charge in [-0.3, -0.25) is 25.6 Å². The van der Waals surface area contributed by atoms with Crippen LogP contribution in [0.1, 0.15) is 89.0 Å². The van der Waals surface area contributed by atoms with Crippen LogP contribution in [0.2, 0.25) is 0 Å². The number of hydrogen-bond acceptors (Lipinski definition) is 15. The van der Waals surface area contributed by atoms with Crippen LogP contribution in [-0.4, -0.2) is 59.8 Å². The second-order valence-electron chi connectivity index (χ2n) is 13.3. The Kier molecular flexibility index (Phi) is 13.4. The molecular formula is C40H43N5O12. The lowest BCUT2D eigenvalue weighted by Gasteiger charge is -2.20. The number of nitrogens with one attached hydrogen (secondary N) is 4. The zero-order chi connectivity index (χ0) is 41.4. The van der Waals surface area contributed by atoms with Crippen LogP contribution in [0.4, 0.5) is 10.5 Å². The predicted molar refractivity (Wildman–Crippen MR) is 204 cm³/mol. The third-order valence-corrected chi connectivity index (χ3v) is 8.67. The molecule has 2 unspecified atom stereocenters. The zero-order valence-electron chi connectivity index (χ0n) is 31.9. The summed E-state index contributed by atoms with van der Waals surface area (Å²) >= 11 is 0. The smallest absolute Gasteiger partial charge is 0.496 e. The molecule has 2 aromatic carbocycles. The molecule has 1 saturated carbocycles. The van der Waals surface area contributed by atoms with E-state index in [4.69, 9.17) is 33.2 Å². The predicted octanol–water partition coefficient (Wildman–Crippen LogP) is 5.45. The number of carbonyl (C=O) groups excluding carboxylic acids is 4. The number of anilines is 1. The first kappa shape index (κ1) is 41.6. The highest BCUT2D eigenvalue weighted by molar-refractivity contribution is 6.11. The quantitative estimate of drug-likeness (QED) is 0.0411. The van der Waals surface area contributed by atoms with Crippen LogP contribution in [0.25, 0.3) is 17.2 Å². The number of aryl methyl sites for hydroxylation is 1. The average Bonchev–Trinajstić information content (AvgIpc) is 3.96. The van der Waals surface area contributed by atoms with E-state index in [1.165, 1.54) is 69.5 Å². The van der Waals surface area contributed by atoms with Crippen molar-refractivity contribution in [3.63, 3.8) is 0 Å². The van der Waals surface area contributed by atoms with Crippen molar-refractivity contribution >= 4 is 41.5 Å². The molecule has 0 saturated heterocycles. The number of esters is 2. The van der Waals surface area contributed by atoms with Gasteiger partial charge >= 0.3 is 23.9 Å². The average molecular weight is 786 g/mol. The number of aliphatic hydroxyl groups excluding tert-OH is 1. The number of ether oxygens (including phenoxy) is 4. The molecule has 0 aliphatic heterocycles. The Hall–Kier alpha value is -6.59. The number of aromatic nitrogens is 1. The summed E-state index contributed by atoms with van der Waals surface area (Å²) in [5, 5.41) is 27.3. The Morgan fingerprint density at radius 3 is 2.37 bits per heavy atom. The van der Waals surface area contributed by atoms with Gasteiger partial charge in [0.1, 0.15) is 17.8 Å². The third kappa shape index (κ3) is 10.8. The largest absolute Gasteiger partial charge is 0.519 e. The van der Waals surface area contributed by atoms with Gasteiger partial charge in [-0.15, -0.1) is 0 Å². The van der Waals surface area contributed by atoms with Crippen LogP contribution < -0.4 is 26.5 Å². The van der Waals surface area contributed by atoms with E-state index in [1.807, 2.05) is 0 Å². The number of hydrogen-bond donors (Lipinski definition) is 5. The Labute approximate surface area is 326 Å². The summed E-state index contributed by atoms with van der Waals surface area (Å²) in [6.45, 7) is 10.1. The van der Waals surface area contributed by atoms with E-state index in [-0.39, 0.29) is 51.0 Å². The number of benzene rings is 2. The van der Waals surface area contributed by atoms with Gasteiger partial charge in [-0.1, -0.05) is 26.5 Å². The minimum absolute atomic E-state index is 0.0284. The van der Waals surface area contributed by atoms with Crippen molar-refractivity contribution in [1.82, 2.24) is 15.6 Å². The van der Waals surface area contributed by atoms with Crippen molar-refractivity contribution in [3.8, 4) is 16.9 Å². The number of amidine groups is 1. The van der Waals surface area contributed by atoms with Crippen LogP contribution in [0, 0.1) is 24.2 Å². The molecule has 4 aromatic rings. The Morgan fingerprint density at radius 1 is 1.04 bits per heavy atom. The highest BCUT2D eigenvalue weighted by Crippen LogP contribution is 2.35. The molecular weight excluding hydrogens is 742 g/mol. The minimum atomic E-state index is -1.29. The number of nitrogens with zero attached hydrogens (tertiary/aromatic N) is 1. The van der Waals surface area contributed by atoms with Crippen LogP contribution in [-0.2, 0) is 25.6 Å². The van der Waals surface area contributed by atoms with Gasteiger partial charge in [-0.2, -0.15) is 0 Å². The third-order valence-electron chi connectivity index (χ3n) is 8.67. The Bertz CT molecular complexity index is 2220. The van der Waals surface area contributed by atoms with E-state index in [1.54, 1.807) is 19.9 Å². The molecule has 300 valence electrons. The van der Waals surface area contributed by atoms with Crippen molar-refractivity contribution in [2.75, 3.05) is 19.0 Å². The molecule has 17 nitrogen and oxygen atoms in total. The van der Waals surface area contributed by atoms with Gasteiger partial charge in [0, 0.05) is 47.0 Å². The maximum atomic E-state index is 14.0. The zero-order valence-corrected chi connectivity index (χ0v) is 31.9. The number of pyridine rings is 1. The minimum Gasteiger partial charge on any atom is -0.496 e. The number of amides is 2. The van der Waals surface area contributed by atoms with E-state index in [0.29, 0.717) is 29.5 Å². The topological polar surface area (TPSA) is 242 Å². The van der Waals surface area contributed by atoms with E-state index in [2.05, 4.69) is 27.5 Å². The van der Waals surface area contributed by atoms with Crippen LogP contribution in [0.3, 0.4) is 0 Å². The molecule has 2 heterocycles. The van der Waals surface area contributed by atoms with Crippen molar-refractivity contribution in [2.45, 2.75) is 59.7 Å². The van der Waals surface area contributed by atoms with Gasteiger partial charge in [-0.25, -0.2) is 19.4 Å². The summed E-state index contributed by atoms with van der Waals surface area (Å²) in [7, 11) is 1.43. The van der Waals surface area contributed by atoms with Gasteiger partial charge in [0.15, 0.2) is 23.8 Å². The van der Waals surface area contributed by atoms with Crippen molar-refractivity contribution in [1.29, 1.82) is 5.41 Å². The van der Waals surface area contributed by atoms with Gasteiger partial charge < -0.3 is 38.2 Å².